The van der Waals surface area contributed by atoms with E-state index in [0.717, 1.165) is 25.7 Å². The Bertz CT molecular complexity index is 420. The summed E-state index contributed by atoms with van der Waals surface area (Å²) in [5, 5.41) is 9.02. The van der Waals surface area contributed by atoms with E-state index in [1.807, 2.05) is 6.07 Å². The van der Waals surface area contributed by atoms with E-state index in [-0.39, 0.29) is 11.8 Å². The number of unbranched alkanes of at least 4 members (excludes halogenated alkanes) is 1. The summed E-state index contributed by atoms with van der Waals surface area (Å²) in [6.07, 6.45) is 5.59. The van der Waals surface area contributed by atoms with Crippen LogP contribution in [0.1, 0.15) is 46.5 Å². The second kappa shape index (κ2) is 7.08. The lowest BCUT2D eigenvalue weighted by molar-refractivity contribution is -0.145. The molecule has 4 heteroatoms. The smallest absolute Gasteiger partial charge is 0.253 e. The lowest BCUT2D eigenvalue weighted by Gasteiger charge is -2.29. The first-order valence-electron chi connectivity index (χ1n) is 6.98. The minimum absolute atomic E-state index is 0.274. The van der Waals surface area contributed by atoms with Gasteiger partial charge in [0, 0.05) is 12.6 Å². The lowest BCUT2D eigenvalue weighted by Crippen LogP contribution is -2.45. The lowest BCUT2D eigenvalue weighted by atomic mass is 9.93. The third-order valence-electron chi connectivity index (χ3n) is 3.70. The maximum atomic E-state index is 12.1. The van der Waals surface area contributed by atoms with Gasteiger partial charge in [-0.1, -0.05) is 33.1 Å². The van der Waals surface area contributed by atoms with E-state index in [1.165, 1.54) is 11.0 Å². The highest BCUT2D eigenvalue weighted by atomic mass is 16.2. The Morgan fingerprint density at radius 2 is 2.11 bits per heavy atom. The van der Waals surface area contributed by atoms with Crippen molar-refractivity contribution >= 4 is 11.8 Å². The van der Waals surface area contributed by atoms with E-state index in [1.54, 1.807) is 6.92 Å². The fourth-order valence-corrected chi connectivity index (χ4v) is 2.33. The summed E-state index contributed by atoms with van der Waals surface area (Å²) in [7, 11) is 0. The molecule has 1 aliphatic heterocycles. The Balaban J connectivity index is 2.80. The van der Waals surface area contributed by atoms with Crippen molar-refractivity contribution in [2.24, 2.45) is 11.8 Å². The fraction of sp³-hybridized carbons (Fsp3) is 0.667. The SMILES string of the molecule is CCCCC(CC)CN1C(=O)C=C(C)C(C#N)C1=O. The second-order valence-corrected chi connectivity index (χ2v) is 5.15. The molecule has 2 amide bonds. The van der Waals surface area contributed by atoms with Crippen LogP contribution in [-0.2, 0) is 9.59 Å². The van der Waals surface area contributed by atoms with Crippen molar-refractivity contribution in [2.45, 2.75) is 46.5 Å². The maximum Gasteiger partial charge on any atom is 0.253 e. The van der Waals surface area contributed by atoms with Crippen molar-refractivity contribution in [3.05, 3.63) is 11.6 Å². The largest absolute Gasteiger partial charge is 0.277 e. The Kier molecular flexibility index (Phi) is 5.75. The molecule has 2 unspecified atom stereocenters. The normalized spacial score (nSPS) is 21.1. The molecule has 0 bridgehead atoms. The van der Waals surface area contributed by atoms with Crippen molar-refractivity contribution < 1.29 is 9.59 Å². The van der Waals surface area contributed by atoms with Gasteiger partial charge in [-0.2, -0.15) is 5.26 Å². The number of nitrogens with zero attached hydrogens (tertiary/aromatic N) is 2. The molecule has 0 N–H and O–H groups in total. The minimum Gasteiger partial charge on any atom is -0.277 e. The zero-order valence-electron chi connectivity index (χ0n) is 12.0. The van der Waals surface area contributed by atoms with Crippen molar-refractivity contribution in [3.63, 3.8) is 0 Å². The molecule has 0 saturated heterocycles. The van der Waals surface area contributed by atoms with Crippen LogP contribution in [-0.4, -0.2) is 23.3 Å². The van der Waals surface area contributed by atoms with Gasteiger partial charge < -0.3 is 0 Å². The number of carbonyl (C=O) groups excluding carboxylic acids is 2. The van der Waals surface area contributed by atoms with E-state index in [4.69, 9.17) is 5.26 Å². The molecule has 0 saturated carbocycles. The molecule has 1 rings (SSSR count). The van der Waals surface area contributed by atoms with Gasteiger partial charge in [-0.05, 0) is 24.8 Å². The molecule has 0 aromatic carbocycles. The van der Waals surface area contributed by atoms with E-state index >= 15 is 0 Å². The summed E-state index contributed by atoms with van der Waals surface area (Å²) in [6, 6.07) is 1.98. The molecule has 2 atom stereocenters. The molecule has 0 aromatic rings. The van der Waals surface area contributed by atoms with E-state index in [9.17, 15) is 9.59 Å². The molecule has 104 valence electrons. The fourth-order valence-electron chi connectivity index (χ4n) is 2.33. The number of amides is 2. The summed E-state index contributed by atoms with van der Waals surface area (Å²) >= 11 is 0. The van der Waals surface area contributed by atoms with Crippen LogP contribution in [0.3, 0.4) is 0 Å². The Morgan fingerprint density at radius 1 is 1.42 bits per heavy atom. The van der Waals surface area contributed by atoms with Gasteiger partial charge in [0.1, 0.15) is 5.92 Å². The van der Waals surface area contributed by atoms with Gasteiger partial charge >= 0.3 is 0 Å². The van der Waals surface area contributed by atoms with Crippen molar-refractivity contribution in [2.75, 3.05) is 6.54 Å². The van der Waals surface area contributed by atoms with Crippen molar-refractivity contribution in [1.82, 2.24) is 4.90 Å². The van der Waals surface area contributed by atoms with Crippen LogP contribution in [0.2, 0.25) is 0 Å². The zero-order valence-corrected chi connectivity index (χ0v) is 12.0. The van der Waals surface area contributed by atoms with Crippen molar-refractivity contribution in [3.8, 4) is 6.07 Å². The molecule has 0 aromatic heterocycles. The highest BCUT2D eigenvalue weighted by molar-refractivity contribution is 6.07. The standard InChI is InChI=1S/C15H22N2O2/c1-4-6-7-12(5-2)10-17-14(18)8-11(3)13(9-16)15(17)19/h8,12-13H,4-7,10H2,1-3H3. The molecule has 0 radical (unpaired) electrons. The molecule has 0 spiro atoms. The summed E-state index contributed by atoms with van der Waals surface area (Å²) in [6.45, 7) is 6.30. The first-order chi connectivity index (χ1) is 9.04. The third-order valence-corrected chi connectivity index (χ3v) is 3.70. The quantitative estimate of drug-likeness (QED) is 0.691. The summed E-state index contributed by atoms with van der Waals surface area (Å²) in [4.78, 5) is 25.3. The van der Waals surface area contributed by atoms with Crippen LogP contribution in [0, 0.1) is 23.2 Å². The highest BCUT2D eigenvalue weighted by Gasteiger charge is 2.34. The van der Waals surface area contributed by atoms with Crippen LogP contribution in [0.4, 0.5) is 0 Å². The molecule has 1 aliphatic rings. The predicted octanol–water partition coefficient (Wildman–Crippen LogP) is 2.66. The minimum atomic E-state index is -0.790. The molecule has 1 heterocycles. The Hall–Kier alpha value is -1.63. The molecule has 4 nitrogen and oxygen atoms in total. The van der Waals surface area contributed by atoms with Gasteiger partial charge in [-0.15, -0.1) is 0 Å². The van der Waals surface area contributed by atoms with Gasteiger partial charge in [-0.25, -0.2) is 0 Å². The topological polar surface area (TPSA) is 61.2 Å². The first kappa shape index (κ1) is 15.4. The Morgan fingerprint density at radius 3 is 2.63 bits per heavy atom. The maximum absolute atomic E-state index is 12.1. The van der Waals surface area contributed by atoms with Gasteiger partial charge in [0.25, 0.3) is 11.8 Å². The molecular weight excluding hydrogens is 240 g/mol. The number of hydrogen-bond acceptors (Lipinski definition) is 3. The van der Waals surface area contributed by atoms with E-state index < -0.39 is 5.92 Å². The second-order valence-electron chi connectivity index (χ2n) is 5.15. The number of hydrogen-bond donors (Lipinski definition) is 0. The number of rotatable bonds is 6. The van der Waals surface area contributed by atoms with E-state index in [0.29, 0.717) is 18.0 Å². The van der Waals surface area contributed by atoms with Crippen LogP contribution < -0.4 is 0 Å². The Labute approximate surface area is 115 Å². The highest BCUT2D eigenvalue weighted by Crippen LogP contribution is 2.22. The van der Waals surface area contributed by atoms with Gasteiger partial charge in [0.15, 0.2) is 0 Å². The zero-order chi connectivity index (χ0) is 14.4. The molecule has 19 heavy (non-hydrogen) atoms. The number of carbonyl (C=O) groups is 2. The van der Waals surface area contributed by atoms with E-state index in [2.05, 4.69) is 13.8 Å². The predicted molar refractivity (Wildman–Crippen MR) is 72.9 cm³/mol. The van der Waals surface area contributed by atoms with Gasteiger partial charge in [-0.3, -0.25) is 14.5 Å². The molecule has 0 fully saturated rings. The summed E-state index contributed by atoms with van der Waals surface area (Å²) in [5.74, 6) is -1.09. The van der Waals surface area contributed by atoms with Gasteiger partial charge in [0.2, 0.25) is 0 Å². The summed E-state index contributed by atoms with van der Waals surface area (Å²) in [5.41, 5.74) is 0.551. The molecule has 0 aliphatic carbocycles. The third kappa shape index (κ3) is 3.66. The monoisotopic (exact) mass is 262 g/mol. The van der Waals surface area contributed by atoms with Crippen molar-refractivity contribution in [1.29, 1.82) is 5.26 Å². The van der Waals surface area contributed by atoms with Crippen LogP contribution in [0.15, 0.2) is 11.6 Å². The van der Waals surface area contributed by atoms with Gasteiger partial charge in [0.05, 0.1) is 6.07 Å². The van der Waals surface area contributed by atoms with Crippen LogP contribution in [0.25, 0.3) is 0 Å². The number of nitriles is 1. The first-order valence-corrected chi connectivity index (χ1v) is 6.98. The summed E-state index contributed by atoms with van der Waals surface area (Å²) < 4.78 is 0. The average Bonchev–Trinajstić information content (AvgIpc) is 2.38. The van der Waals surface area contributed by atoms with Crippen LogP contribution >= 0.6 is 0 Å². The molecular formula is C15H22N2O2. The average molecular weight is 262 g/mol. The number of imide groups is 1. The van der Waals surface area contributed by atoms with Crippen LogP contribution in [0.5, 0.6) is 0 Å².